The molecule has 4 nitrogen and oxygen atoms in total. The molecule has 3 aromatic rings. The van der Waals surface area contributed by atoms with Gasteiger partial charge in [-0.15, -0.1) is 0 Å². The topological polar surface area (TPSA) is 59.3 Å². The first-order chi connectivity index (χ1) is 11.3. The molecule has 0 aliphatic carbocycles. The zero-order chi connectivity index (χ0) is 17.5. The van der Waals surface area contributed by atoms with Crippen LogP contribution in [0.5, 0.6) is 0 Å². The van der Waals surface area contributed by atoms with Gasteiger partial charge in [-0.25, -0.2) is 4.79 Å². The number of hydrogen-bond donors (Lipinski definition) is 1. The largest absolute Gasteiger partial charge is 0.478 e. The fourth-order valence-corrected chi connectivity index (χ4v) is 2.46. The van der Waals surface area contributed by atoms with Crippen LogP contribution < -0.4 is 5.56 Å². The van der Waals surface area contributed by atoms with E-state index in [0.717, 1.165) is 35.0 Å². The first-order valence-electron chi connectivity index (χ1n) is 6.84. The Bertz CT molecular complexity index is 989. The second-order valence-corrected chi connectivity index (χ2v) is 5.11. The molecule has 0 fully saturated rings. The van der Waals surface area contributed by atoms with E-state index in [2.05, 4.69) is 0 Å². The average molecular weight is 333 g/mol. The molecule has 0 aliphatic rings. The number of carboxylic acids is 1. The molecular formula is C17H10F3NO3. The van der Waals surface area contributed by atoms with Crippen molar-refractivity contribution in [1.82, 2.24) is 4.57 Å². The van der Waals surface area contributed by atoms with Gasteiger partial charge in [0, 0.05) is 22.7 Å². The maximum absolute atomic E-state index is 12.6. The van der Waals surface area contributed by atoms with Crippen LogP contribution in [0.25, 0.3) is 16.5 Å². The lowest BCUT2D eigenvalue weighted by Crippen LogP contribution is -2.20. The molecule has 1 N–H and O–H groups in total. The molecule has 0 spiro atoms. The molecule has 0 atom stereocenters. The van der Waals surface area contributed by atoms with E-state index >= 15 is 0 Å². The van der Waals surface area contributed by atoms with Gasteiger partial charge in [-0.3, -0.25) is 9.36 Å². The van der Waals surface area contributed by atoms with Crippen molar-refractivity contribution in [2.75, 3.05) is 0 Å². The van der Waals surface area contributed by atoms with Gasteiger partial charge in [-0.2, -0.15) is 13.2 Å². The summed E-state index contributed by atoms with van der Waals surface area (Å²) in [5.41, 5.74) is -1.31. The number of carbonyl (C=O) groups is 1. The average Bonchev–Trinajstić information content (AvgIpc) is 2.54. The van der Waals surface area contributed by atoms with Gasteiger partial charge in [0.05, 0.1) is 11.1 Å². The highest BCUT2D eigenvalue weighted by Crippen LogP contribution is 2.29. The Balaban J connectivity index is 2.25. The summed E-state index contributed by atoms with van der Waals surface area (Å²) >= 11 is 0. The van der Waals surface area contributed by atoms with Crippen molar-refractivity contribution < 1.29 is 23.1 Å². The van der Waals surface area contributed by atoms with Gasteiger partial charge in [0.25, 0.3) is 5.56 Å². The zero-order valence-electron chi connectivity index (χ0n) is 12.0. The van der Waals surface area contributed by atoms with Crippen LogP contribution >= 0.6 is 0 Å². The number of aromatic nitrogens is 1. The molecule has 24 heavy (non-hydrogen) atoms. The highest BCUT2D eigenvalue weighted by atomic mass is 19.4. The molecular weight excluding hydrogens is 323 g/mol. The fraction of sp³-hybridized carbons (Fsp3) is 0.0588. The Morgan fingerprint density at radius 2 is 1.54 bits per heavy atom. The molecule has 1 aromatic heterocycles. The molecule has 0 unspecified atom stereocenters. The van der Waals surface area contributed by atoms with Crippen molar-refractivity contribution in [3.05, 3.63) is 76.2 Å². The Kier molecular flexibility index (Phi) is 3.63. The van der Waals surface area contributed by atoms with Gasteiger partial charge in [-0.1, -0.05) is 18.2 Å². The monoisotopic (exact) mass is 333 g/mol. The highest BCUT2D eigenvalue weighted by Gasteiger charge is 2.30. The van der Waals surface area contributed by atoms with Crippen molar-refractivity contribution in [1.29, 1.82) is 0 Å². The number of nitrogens with zero attached hydrogens (tertiary/aromatic N) is 1. The number of alkyl halides is 3. The van der Waals surface area contributed by atoms with Gasteiger partial charge in [0.15, 0.2) is 0 Å². The normalized spacial score (nSPS) is 11.6. The predicted molar refractivity (Wildman–Crippen MR) is 81.5 cm³/mol. The van der Waals surface area contributed by atoms with Crippen LogP contribution in [-0.2, 0) is 6.18 Å². The summed E-state index contributed by atoms with van der Waals surface area (Å²) in [6.07, 6.45) is -3.37. The third-order valence-corrected chi connectivity index (χ3v) is 3.63. The van der Waals surface area contributed by atoms with Crippen molar-refractivity contribution in [3.63, 3.8) is 0 Å². The summed E-state index contributed by atoms with van der Waals surface area (Å²) in [4.78, 5) is 24.0. The van der Waals surface area contributed by atoms with Gasteiger partial charge in [0.1, 0.15) is 0 Å². The molecule has 7 heteroatoms. The molecule has 0 saturated carbocycles. The summed E-state index contributed by atoms with van der Waals surface area (Å²) in [6, 6.07) is 10.1. The highest BCUT2D eigenvalue weighted by molar-refractivity contribution is 6.03. The molecule has 1 heterocycles. The molecule has 0 saturated heterocycles. The first kappa shape index (κ1) is 15.8. The Hall–Kier alpha value is -3.09. The number of hydrogen-bond acceptors (Lipinski definition) is 2. The van der Waals surface area contributed by atoms with E-state index in [1.807, 2.05) is 0 Å². The lowest BCUT2D eigenvalue weighted by Gasteiger charge is -2.12. The quantitative estimate of drug-likeness (QED) is 0.778. The van der Waals surface area contributed by atoms with Crippen LogP contribution in [-0.4, -0.2) is 15.6 Å². The third kappa shape index (κ3) is 2.64. The summed E-state index contributed by atoms with van der Waals surface area (Å²) in [7, 11) is 0. The van der Waals surface area contributed by atoms with Crippen LogP contribution in [0.15, 0.2) is 59.5 Å². The van der Waals surface area contributed by atoms with Crippen LogP contribution in [0.2, 0.25) is 0 Å². The van der Waals surface area contributed by atoms with E-state index in [4.69, 9.17) is 0 Å². The van der Waals surface area contributed by atoms with E-state index in [0.29, 0.717) is 0 Å². The van der Waals surface area contributed by atoms with E-state index in [1.165, 1.54) is 12.1 Å². The van der Waals surface area contributed by atoms with Crippen LogP contribution in [0.3, 0.4) is 0 Å². The molecule has 0 bridgehead atoms. The minimum absolute atomic E-state index is 0.106. The second-order valence-electron chi connectivity index (χ2n) is 5.11. The molecule has 3 rings (SSSR count). The molecule has 0 amide bonds. The van der Waals surface area contributed by atoms with Gasteiger partial charge in [0.2, 0.25) is 0 Å². The molecule has 122 valence electrons. The smallest absolute Gasteiger partial charge is 0.416 e. The minimum atomic E-state index is -4.49. The Morgan fingerprint density at radius 1 is 0.958 bits per heavy atom. The maximum atomic E-state index is 12.6. The number of halogens is 3. The van der Waals surface area contributed by atoms with E-state index in [-0.39, 0.29) is 22.0 Å². The minimum Gasteiger partial charge on any atom is -0.478 e. The summed E-state index contributed by atoms with van der Waals surface area (Å²) in [5.74, 6) is -1.23. The van der Waals surface area contributed by atoms with E-state index in [9.17, 15) is 27.9 Å². The number of aromatic carboxylic acids is 1. The second kappa shape index (κ2) is 5.52. The number of carboxylic acid groups (broad SMARTS) is 1. The van der Waals surface area contributed by atoms with Gasteiger partial charge in [-0.05, 0) is 30.3 Å². The Morgan fingerprint density at radius 3 is 2.08 bits per heavy atom. The summed E-state index contributed by atoms with van der Waals surface area (Å²) in [5, 5.41) is 9.79. The van der Waals surface area contributed by atoms with Crippen LogP contribution in [0, 0.1) is 0 Å². The Labute approximate surface area is 133 Å². The van der Waals surface area contributed by atoms with Crippen molar-refractivity contribution in [2.45, 2.75) is 6.18 Å². The standard InChI is InChI=1S/C17H10F3NO3/c18-17(19,20)10-5-7-11(8-6-10)21-9-14(16(23)24)12-3-1-2-4-13(12)15(21)22/h1-9H,(H,23,24). The van der Waals surface area contributed by atoms with Crippen LogP contribution in [0.1, 0.15) is 15.9 Å². The third-order valence-electron chi connectivity index (χ3n) is 3.63. The van der Waals surface area contributed by atoms with Crippen molar-refractivity contribution in [2.24, 2.45) is 0 Å². The maximum Gasteiger partial charge on any atom is 0.416 e. The number of pyridine rings is 1. The SMILES string of the molecule is O=C(O)c1cn(-c2ccc(C(F)(F)F)cc2)c(=O)c2ccccc12. The fourth-order valence-electron chi connectivity index (χ4n) is 2.46. The summed E-state index contributed by atoms with van der Waals surface area (Å²) < 4.78 is 38.9. The van der Waals surface area contributed by atoms with Crippen LogP contribution in [0.4, 0.5) is 13.2 Å². The van der Waals surface area contributed by atoms with Crippen molar-refractivity contribution >= 4 is 16.7 Å². The molecule has 2 aromatic carbocycles. The van der Waals surface area contributed by atoms with Gasteiger partial charge >= 0.3 is 12.1 Å². The van der Waals surface area contributed by atoms with E-state index in [1.54, 1.807) is 12.1 Å². The number of benzene rings is 2. The zero-order valence-corrected chi connectivity index (χ0v) is 12.0. The molecule has 0 radical (unpaired) electrons. The van der Waals surface area contributed by atoms with Gasteiger partial charge < -0.3 is 5.11 Å². The number of fused-ring (bicyclic) bond motifs is 1. The van der Waals surface area contributed by atoms with E-state index < -0.39 is 23.3 Å². The van der Waals surface area contributed by atoms with Crippen molar-refractivity contribution in [3.8, 4) is 5.69 Å². The lowest BCUT2D eigenvalue weighted by atomic mass is 10.1. The lowest BCUT2D eigenvalue weighted by molar-refractivity contribution is -0.137. The summed E-state index contributed by atoms with van der Waals surface area (Å²) in [6.45, 7) is 0. The molecule has 0 aliphatic heterocycles. The predicted octanol–water partition coefficient (Wildman–Crippen LogP) is 3.71. The number of rotatable bonds is 2. The first-order valence-corrected chi connectivity index (χ1v) is 6.84.